The molecule has 0 radical (unpaired) electrons. The van der Waals surface area contributed by atoms with Crippen LogP contribution in [0, 0.1) is 28.6 Å². The van der Waals surface area contributed by atoms with Crippen LogP contribution in [0.2, 0.25) is 0 Å². The van der Waals surface area contributed by atoms with E-state index in [1.807, 2.05) is 17.8 Å². The van der Waals surface area contributed by atoms with E-state index in [2.05, 4.69) is 26.5 Å². The van der Waals surface area contributed by atoms with Crippen LogP contribution in [0.1, 0.15) is 46.0 Å². The van der Waals surface area contributed by atoms with Gasteiger partial charge in [0.2, 0.25) is 0 Å². The van der Waals surface area contributed by atoms with Gasteiger partial charge in [-0.2, -0.15) is 11.8 Å². The summed E-state index contributed by atoms with van der Waals surface area (Å²) < 4.78 is 0. The number of fused-ring (bicyclic) bond motifs is 5. The second-order valence-corrected chi connectivity index (χ2v) is 9.83. The summed E-state index contributed by atoms with van der Waals surface area (Å²) in [6.07, 6.45) is 10.6. The number of rotatable bonds is 3. The third-order valence-electron chi connectivity index (χ3n) is 7.54. The molecule has 4 aliphatic rings. The first-order chi connectivity index (χ1) is 11.9. The Morgan fingerprint density at radius 3 is 2.84 bits per heavy atom. The molecule has 3 saturated carbocycles. The molecule has 0 unspecified atom stereocenters. The molecule has 0 bridgehead atoms. The normalized spacial score (nSPS) is 42.7. The largest absolute Gasteiger partial charge is 0.299 e. The van der Waals surface area contributed by atoms with E-state index in [0.717, 1.165) is 54.8 Å². The van der Waals surface area contributed by atoms with E-state index in [9.17, 15) is 9.59 Å². The Balaban J connectivity index is 1.72. The lowest BCUT2D eigenvalue weighted by Gasteiger charge is -2.56. The van der Waals surface area contributed by atoms with Gasteiger partial charge in [0.15, 0.2) is 5.78 Å². The third kappa shape index (κ3) is 2.38. The average Bonchev–Trinajstić information content (AvgIpc) is 2.92. The molecule has 3 fully saturated rings. The van der Waals surface area contributed by atoms with Crippen molar-refractivity contribution in [3.8, 4) is 0 Å². The minimum atomic E-state index is -0.0894. The van der Waals surface area contributed by atoms with Gasteiger partial charge in [0.1, 0.15) is 5.78 Å². The molecule has 25 heavy (non-hydrogen) atoms. The zero-order valence-electron chi connectivity index (χ0n) is 15.3. The SMILES string of the molecule is C=C1C[C@H]2[C@@H]3CCC(=O)[C@@]3(CSCC)CC[C@@H]2[C@@]2(C)C=CC(=O)C=C12. The monoisotopic (exact) mass is 356 g/mol. The van der Waals surface area contributed by atoms with Gasteiger partial charge in [-0.15, -0.1) is 0 Å². The molecular weight excluding hydrogens is 328 g/mol. The minimum absolute atomic E-state index is 0.0798. The van der Waals surface area contributed by atoms with Crippen molar-refractivity contribution in [2.45, 2.75) is 46.0 Å². The Morgan fingerprint density at radius 2 is 2.08 bits per heavy atom. The van der Waals surface area contributed by atoms with E-state index in [4.69, 9.17) is 0 Å². The minimum Gasteiger partial charge on any atom is -0.299 e. The van der Waals surface area contributed by atoms with Crippen LogP contribution in [0.4, 0.5) is 0 Å². The first kappa shape index (κ1) is 17.3. The van der Waals surface area contributed by atoms with Crippen LogP contribution in [0.15, 0.2) is 36.0 Å². The van der Waals surface area contributed by atoms with Crippen LogP contribution >= 0.6 is 11.8 Å². The van der Waals surface area contributed by atoms with Gasteiger partial charge in [-0.25, -0.2) is 0 Å². The van der Waals surface area contributed by atoms with Crippen LogP contribution in [0.5, 0.6) is 0 Å². The number of thioether (sulfide) groups is 1. The Kier molecular flexibility index (Phi) is 4.14. The molecule has 0 heterocycles. The fourth-order valence-corrected chi connectivity index (χ4v) is 7.43. The van der Waals surface area contributed by atoms with E-state index in [1.165, 1.54) is 0 Å². The van der Waals surface area contributed by atoms with Crippen LogP contribution in [-0.4, -0.2) is 23.1 Å². The predicted molar refractivity (Wildman–Crippen MR) is 103 cm³/mol. The molecular formula is C22H28O2S. The van der Waals surface area contributed by atoms with Crippen LogP contribution in [0.3, 0.4) is 0 Å². The average molecular weight is 357 g/mol. The molecule has 4 rings (SSSR count). The Morgan fingerprint density at radius 1 is 1.28 bits per heavy atom. The van der Waals surface area contributed by atoms with Crippen LogP contribution in [0.25, 0.3) is 0 Å². The van der Waals surface area contributed by atoms with E-state index in [0.29, 0.717) is 23.5 Å². The molecule has 0 saturated heterocycles. The molecule has 5 atom stereocenters. The van der Waals surface area contributed by atoms with Crippen molar-refractivity contribution < 1.29 is 9.59 Å². The number of carbonyl (C=O) groups excluding carboxylic acids is 2. The van der Waals surface area contributed by atoms with Gasteiger partial charge >= 0.3 is 0 Å². The lowest BCUT2D eigenvalue weighted by molar-refractivity contribution is -0.130. The number of ketones is 2. The highest BCUT2D eigenvalue weighted by Crippen LogP contribution is 2.64. The van der Waals surface area contributed by atoms with Crippen molar-refractivity contribution in [2.24, 2.45) is 28.6 Å². The Bertz CT molecular complexity index is 703. The van der Waals surface area contributed by atoms with E-state index in [-0.39, 0.29) is 16.6 Å². The smallest absolute Gasteiger partial charge is 0.178 e. The van der Waals surface area contributed by atoms with Crippen molar-refractivity contribution in [1.82, 2.24) is 0 Å². The molecule has 0 aromatic rings. The summed E-state index contributed by atoms with van der Waals surface area (Å²) in [7, 11) is 0. The molecule has 0 aliphatic heterocycles. The molecule has 0 aromatic carbocycles. The maximum atomic E-state index is 12.9. The maximum Gasteiger partial charge on any atom is 0.178 e. The first-order valence-electron chi connectivity index (χ1n) is 9.67. The standard InChI is InChI=1S/C22H28O2S/c1-4-25-13-22-10-8-17-16(18(22)5-6-20(22)24)11-14(2)19-12-15(23)7-9-21(17,19)3/h7,9,12,16-18H,2,4-6,8,10-11,13H2,1,3H3/t16-,17+,18+,21-,22-/m1/s1. The summed E-state index contributed by atoms with van der Waals surface area (Å²) in [6.45, 7) is 8.82. The fraction of sp³-hybridized carbons (Fsp3) is 0.636. The molecule has 3 heteroatoms. The zero-order valence-corrected chi connectivity index (χ0v) is 16.2. The van der Waals surface area contributed by atoms with Crippen LogP contribution < -0.4 is 0 Å². The summed E-state index contributed by atoms with van der Waals surface area (Å²) in [5.74, 6) is 4.25. The van der Waals surface area contributed by atoms with Crippen molar-refractivity contribution in [1.29, 1.82) is 0 Å². The number of hydrogen-bond acceptors (Lipinski definition) is 3. The van der Waals surface area contributed by atoms with E-state index >= 15 is 0 Å². The topological polar surface area (TPSA) is 34.1 Å². The highest BCUT2D eigenvalue weighted by Gasteiger charge is 2.60. The molecule has 0 amide bonds. The van der Waals surface area contributed by atoms with Gasteiger partial charge in [0.05, 0.1) is 0 Å². The summed E-state index contributed by atoms with van der Waals surface area (Å²) in [5.41, 5.74) is 2.11. The van der Waals surface area contributed by atoms with Gasteiger partial charge in [-0.1, -0.05) is 32.1 Å². The van der Waals surface area contributed by atoms with Crippen molar-refractivity contribution in [3.63, 3.8) is 0 Å². The molecule has 4 aliphatic carbocycles. The second kappa shape index (κ2) is 5.97. The summed E-state index contributed by atoms with van der Waals surface area (Å²) in [4.78, 5) is 24.8. The van der Waals surface area contributed by atoms with E-state index < -0.39 is 0 Å². The highest BCUT2D eigenvalue weighted by molar-refractivity contribution is 7.99. The first-order valence-corrected chi connectivity index (χ1v) is 10.8. The van der Waals surface area contributed by atoms with Crippen molar-refractivity contribution in [2.75, 3.05) is 11.5 Å². The number of Topliss-reactive ketones (excluding diaryl/α,β-unsaturated/α-hetero) is 1. The Labute approximate surface area is 155 Å². The van der Waals surface area contributed by atoms with Crippen LogP contribution in [-0.2, 0) is 9.59 Å². The Hall–Kier alpha value is -1.09. The molecule has 0 spiro atoms. The zero-order chi connectivity index (χ0) is 17.8. The molecule has 0 N–H and O–H groups in total. The van der Waals surface area contributed by atoms with Gasteiger partial charge in [0, 0.05) is 23.0 Å². The molecule has 134 valence electrons. The summed E-state index contributed by atoms with van der Waals surface area (Å²) in [5, 5.41) is 0. The van der Waals surface area contributed by atoms with E-state index in [1.54, 1.807) is 6.08 Å². The fourth-order valence-electron chi connectivity index (χ4n) is 6.34. The molecule has 0 aromatic heterocycles. The van der Waals surface area contributed by atoms with Gasteiger partial charge < -0.3 is 0 Å². The highest BCUT2D eigenvalue weighted by atomic mass is 32.2. The maximum absolute atomic E-state index is 12.9. The lowest BCUT2D eigenvalue weighted by atomic mass is 9.48. The summed E-state index contributed by atoms with van der Waals surface area (Å²) in [6, 6.07) is 0. The van der Waals surface area contributed by atoms with Gasteiger partial charge in [0.25, 0.3) is 0 Å². The predicted octanol–water partition coefficient (Wildman–Crippen LogP) is 4.76. The quantitative estimate of drug-likeness (QED) is 0.731. The number of allylic oxidation sites excluding steroid dienone is 5. The lowest BCUT2D eigenvalue weighted by Crippen LogP contribution is -2.52. The number of carbonyl (C=O) groups is 2. The van der Waals surface area contributed by atoms with Gasteiger partial charge in [-0.05, 0) is 66.9 Å². The van der Waals surface area contributed by atoms with Gasteiger partial charge in [-0.3, -0.25) is 9.59 Å². The van der Waals surface area contributed by atoms with Crippen molar-refractivity contribution in [3.05, 3.63) is 36.0 Å². The summed E-state index contributed by atoms with van der Waals surface area (Å²) >= 11 is 1.93. The second-order valence-electron chi connectivity index (χ2n) is 8.55. The molecule has 2 nitrogen and oxygen atoms in total. The van der Waals surface area contributed by atoms with Crippen molar-refractivity contribution >= 4 is 23.3 Å². The number of hydrogen-bond donors (Lipinski definition) is 0. The third-order valence-corrected chi connectivity index (χ3v) is 8.67.